The minimum Gasteiger partial charge on any atom is -0.330 e. The molecule has 0 aromatic heterocycles. The normalized spacial score (nSPS) is 11.7. The first-order chi connectivity index (χ1) is 7.12. The number of carbonyl (C=O) groups is 1. The molecule has 0 fully saturated rings. The molecule has 0 bridgehead atoms. The molecule has 0 spiro atoms. The molecular weight excluding hydrogens is 188 g/mol. The van der Waals surface area contributed by atoms with Gasteiger partial charge in [-0.3, -0.25) is 4.79 Å². The highest BCUT2D eigenvalue weighted by Gasteiger charge is 2.11. The van der Waals surface area contributed by atoms with Gasteiger partial charge in [-0.25, -0.2) is 0 Å². The summed E-state index contributed by atoms with van der Waals surface area (Å²) in [5.41, 5.74) is 7.24. The Kier molecular flexibility index (Phi) is 6.38. The molecule has 0 aliphatic heterocycles. The molecule has 2 N–H and O–H groups in total. The van der Waals surface area contributed by atoms with Crippen LogP contribution in [0.1, 0.15) is 19.8 Å². The van der Waals surface area contributed by atoms with E-state index in [1.807, 2.05) is 6.92 Å². The van der Waals surface area contributed by atoms with Crippen molar-refractivity contribution >= 4 is 5.91 Å². The summed E-state index contributed by atoms with van der Waals surface area (Å²) in [6.45, 7) is 9.79. The standard InChI is InChI=1S/C12H20N2O/c1-5-10(8-9-13)11(6-2)14(4)12(15)7-3/h5-6H,1-2,7-9,13H2,3-4H3/b11-10-. The van der Waals surface area contributed by atoms with E-state index in [-0.39, 0.29) is 5.91 Å². The van der Waals surface area contributed by atoms with Crippen LogP contribution in [-0.4, -0.2) is 24.4 Å². The van der Waals surface area contributed by atoms with Gasteiger partial charge in [-0.15, -0.1) is 0 Å². The van der Waals surface area contributed by atoms with E-state index < -0.39 is 0 Å². The van der Waals surface area contributed by atoms with Gasteiger partial charge in [-0.05, 0) is 24.6 Å². The van der Waals surface area contributed by atoms with Crippen molar-refractivity contribution in [2.45, 2.75) is 19.8 Å². The topological polar surface area (TPSA) is 46.3 Å². The van der Waals surface area contributed by atoms with Gasteiger partial charge in [-0.2, -0.15) is 0 Å². The minimum absolute atomic E-state index is 0.0567. The Morgan fingerprint density at radius 1 is 1.40 bits per heavy atom. The van der Waals surface area contributed by atoms with Crippen LogP contribution in [0.2, 0.25) is 0 Å². The summed E-state index contributed by atoms with van der Waals surface area (Å²) in [4.78, 5) is 13.1. The van der Waals surface area contributed by atoms with Crippen LogP contribution >= 0.6 is 0 Å². The van der Waals surface area contributed by atoms with E-state index in [0.717, 1.165) is 11.3 Å². The van der Waals surface area contributed by atoms with Crippen molar-refractivity contribution in [3.05, 3.63) is 36.6 Å². The van der Waals surface area contributed by atoms with Gasteiger partial charge in [0.2, 0.25) is 5.91 Å². The first-order valence-corrected chi connectivity index (χ1v) is 5.06. The average molecular weight is 208 g/mol. The molecule has 0 heterocycles. The zero-order valence-electron chi connectivity index (χ0n) is 9.62. The van der Waals surface area contributed by atoms with Crippen LogP contribution in [0.15, 0.2) is 36.6 Å². The maximum atomic E-state index is 11.5. The molecule has 0 aromatic carbocycles. The molecule has 0 atom stereocenters. The molecule has 1 amide bonds. The van der Waals surface area contributed by atoms with Crippen molar-refractivity contribution in [2.24, 2.45) is 5.73 Å². The zero-order valence-corrected chi connectivity index (χ0v) is 9.62. The number of nitrogens with zero attached hydrogens (tertiary/aromatic N) is 1. The third-order valence-corrected chi connectivity index (χ3v) is 2.22. The maximum Gasteiger partial charge on any atom is 0.226 e. The lowest BCUT2D eigenvalue weighted by Crippen LogP contribution is -2.25. The highest BCUT2D eigenvalue weighted by Crippen LogP contribution is 2.15. The van der Waals surface area contributed by atoms with Gasteiger partial charge < -0.3 is 10.6 Å². The SMILES string of the molecule is C=C/C(CCN)=C(\C=C)N(C)C(=O)CC. The Hall–Kier alpha value is -1.35. The van der Waals surface area contributed by atoms with Crippen LogP contribution in [-0.2, 0) is 4.79 Å². The Bertz CT molecular complexity index is 279. The third kappa shape index (κ3) is 3.72. The number of allylic oxidation sites excluding steroid dienone is 2. The third-order valence-electron chi connectivity index (χ3n) is 2.22. The van der Waals surface area contributed by atoms with Crippen molar-refractivity contribution in [3.63, 3.8) is 0 Å². The summed E-state index contributed by atoms with van der Waals surface area (Å²) in [6, 6.07) is 0. The Labute approximate surface area is 91.9 Å². The van der Waals surface area contributed by atoms with Gasteiger partial charge in [0, 0.05) is 19.2 Å². The lowest BCUT2D eigenvalue weighted by atomic mass is 10.1. The van der Waals surface area contributed by atoms with E-state index in [1.54, 1.807) is 24.1 Å². The van der Waals surface area contributed by atoms with Crippen LogP contribution in [0, 0.1) is 0 Å². The largest absolute Gasteiger partial charge is 0.330 e. The molecule has 3 heteroatoms. The molecule has 0 saturated carbocycles. The Morgan fingerprint density at radius 2 is 2.00 bits per heavy atom. The predicted octanol–water partition coefficient (Wildman–Crippen LogP) is 1.83. The van der Waals surface area contributed by atoms with Crippen molar-refractivity contribution in [2.75, 3.05) is 13.6 Å². The van der Waals surface area contributed by atoms with Crippen LogP contribution in [0.4, 0.5) is 0 Å². The fourth-order valence-electron chi connectivity index (χ4n) is 1.35. The number of carbonyl (C=O) groups excluding carboxylic acids is 1. The monoisotopic (exact) mass is 208 g/mol. The molecule has 0 unspecified atom stereocenters. The van der Waals surface area contributed by atoms with Crippen LogP contribution in [0.25, 0.3) is 0 Å². The molecule has 15 heavy (non-hydrogen) atoms. The van der Waals surface area contributed by atoms with Gasteiger partial charge in [0.05, 0.1) is 0 Å². The van der Waals surface area contributed by atoms with E-state index in [9.17, 15) is 4.79 Å². The van der Waals surface area contributed by atoms with Crippen molar-refractivity contribution in [1.82, 2.24) is 4.90 Å². The zero-order chi connectivity index (χ0) is 11.8. The summed E-state index contributed by atoms with van der Waals surface area (Å²) < 4.78 is 0. The molecule has 0 aliphatic rings. The predicted molar refractivity (Wildman–Crippen MR) is 64.2 cm³/mol. The van der Waals surface area contributed by atoms with Crippen LogP contribution < -0.4 is 5.73 Å². The van der Waals surface area contributed by atoms with E-state index in [0.29, 0.717) is 19.4 Å². The number of hydrogen-bond acceptors (Lipinski definition) is 2. The first-order valence-electron chi connectivity index (χ1n) is 5.06. The van der Waals surface area contributed by atoms with Gasteiger partial charge in [0.1, 0.15) is 0 Å². The first kappa shape index (κ1) is 13.7. The van der Waals surface area contributed by atoms with E-state index in [2.05, 4.69) is 13.2 Å². The summed E-state index contributed by atoms with van der Waals surface area (Å²) in [5.74, 6) is 0.0567. The number of amides is 1. The van der Waals surface area contributed by atoms with E-state index in [4.69, 9.17) is 5.73 Å². The maximum absolute atomic E-state index is 11.5. The summed E-state index contributed by atoms with van der Waals surface area (Å²) in [7, 11) is 1.74. The molecular formula is C12H20N2O. The minimum atomic E-state index is 0.0567. The lowest BCUT2D eigenvalue weighted by molar-refractivity contribution is -0.127. The molecule has 0 rings (SSSR count). The second-order valence-corrected chi connectivity index (χ2v) is 3.16. The fourth-order valence-corrected chi connectivity index (χ4v) is 1.35. The molecule has 84 valence electrons. The van der Waals surface area contributed by atoms with Crippen LogP contribution in [0.3, 0.4) is 0 Å². The molecule has 0 saturated heterocycles. The van der Waals surface area contributed by atoms with Gasteiger partial charge >= 0.3 is 0 Å². The summed E-state index contributed by atoms with van der Waals surface area (Å²) in [6.07, 6.45) is 4.57. The highest BCUT2D eigenvalue weighted by atomic mass is 16.2. The number of hydrogen-bond donors (Lipinski definition) is 1. The lowest BCUT2D eigenvalue weighted by Gasteiger charge is -2.20. The van der Waals surface area contributed by atoms with Crippen molar-refractivity contribution < 1.29 is 4.79 Å². The van der Waals surface area contributed by atoms with Gasteiger partial charge in [0.25, 0.3) is 0 Å². The summed E-state index contributed by atoms with van der Waals surface area (Å²) >= 11 is 0. The second kappa shape index (κ2) is 7.01. The second-order valence-electron chi connectivity index (χ2n) is 3.16. The number of nitrogens with two attached hydrogens (primary N) is 1. The number of likely N-dealkylation sites (N-methyl/N-ethyl adjacent to an activating group) is 1. The van der Waals surface area contributed by atoms with Gasteiger partial charge in [-0.1, -0.05) is 26.2 Å². The van der Waals surface area contributed by atoms with Gasteiger partial charge in [0.15, 0.2) is 0 Å². The smallest absolute Gasteiger partial charge is 0.226 e. The Morgan fingerprint density at radius 3 is 2.33 bits per heavy atom. The quantitative estimate of drug-likeness (QED) is 0.677. The Balaban J connectivity index is 5.07. The van der Waals surface area contributed by atoms with Crippen molar-refractivity contribution in [1.29, 1.82) is 0 Å². The number of rotatable bonds is 6. The van der Waals surface area contributed by atoms with Crippen LogP contribution in [0.5, 0.6) is 0 Å². The molecule has 0 radical (unpaired) electrons. The highest BCUT2D eigenvalue weighted by molar-refractivity contribution is 5.78. The van der Waals surface area contributed by atoms with E-state index in [1.165, 1.54) is 0 Å². The fraction of sp³-hybridized carbons (Fsp3) is 0.417. The molecule has 3 nitrogen and oxygen atoms in total. The molecule has 0 aliphatic carbocycles. The molecule has 0 aromatic rings. The van der Waals surface area contributed by atoms with Crippen molar-refractivity contribution in [3.8, 4) is 0 Å². The summed E-state index contributed by atoms with van der Waals surface area (Å²) in [5, 5.41) is 0. The average Bonchev–Trinajstić information content (AvgIpc) is 2.27. The van der Waals surface area contributed by atoms with E-state index >= 15 is 0 Å².